The number of nitrogens with zero attached hydrogens (tertiary/aromatic N) is 3. The van der Waals surface area contributed by atoms with Crippen molar-refractivity contribution in [1.82, 2.24) is 20.1 Å². The largest absolute Gasteiger partial charge is 0.314 e. The Morgan fingerprint density at radius 3 is 2.67 bits per heavy atom. The third-order valence-corrected chi connectivity index (χ3v) is 4.38. The van der Waals surface area contributed by atoms with Crippen LogP contribution in [0.5, 0.6) is 0 Å². The highest BCUT2D eigenvalue weighted by Crippen LogP contribution is 2.45. The van der Waals surface area contributed by atoms with Crippen LogP contribution in [-0.2, 0) is 0 Å². The first-order valence-corrected chi connectivity index (χ1v) is 8.05. The van der Waals surface area contributed by atoms with E-state index in [9.17, 15) is 0 Å². The molecule has 18 heavy (non-hydrogen) atoms. The van der Waals surface area contributed by atoms with Gasteiger partial charge >= 0.3 is 0 Å². The Balaban J connectivity index is 1.60. The zero-order chi connectivity index (χ0) is 12.5. The molecule has 2 saturated carbocycles. The number of hydrogen-bond acceptors (Lipinski definition) is 4. The second kappa shape index (κ2) is 5.21. The Kier molecular flexibility index (Phi) is 3.61. The van der Waals surface area contributed by atoms with Crippen molar-refractivity contribution in [2.45, 2.75) is 62.7 Å². The van der Waals surface area contributed by atoms with Crippen molar-refractivity contribution in [2.24, 2.45) is 0 Å². The molecule has 4 nitrogen and oxygen atoms in total. The minimum atomic E-state index is 0.564. The van der Waals surface area contributed by atoms with E-state index in [1.54, 1.807) is 0 Å². The van der Waals surface area contributed by atoms with Crippen LogP contribution in [0.2, 0.25) is 0 Å². The fraction of sp³-hybridized carbons (Fsp3) is 0.846. The molecule has 0 spiro atoms. The zero-order valence-electron chi connectivity index (χ0n) is 11.2. The van der Waals surface area contributed by atoms with Crippen LogP contribution in [0.3, 0.4) is 0 Å². The Morgan fingerprint density at radius 2 is 2.06 bits per heavy atom. The minimum Gasteiger partial charge on any atom is -0.314 e. The highest BCUT2D eigenvalue weighted by Gasteiger charge is 2.36. The molecule has 2 aliphatic carbocycles. The maximum absolute atomic E-state index is 4.42. The first kappa shape index (κ1) is 12.5. The summed E-state index contributed by atoms with van der Waals surface area (Å²) in [5.41, 5.74) is 0. The molecule has 2 fully saturated rings. The van der Waals surface area contributed by atoms with Gasteiger partial charge in [-0.1, -0.05) is 25.6 Å². The van der Waals surface area contributed by atoms with Crippen LogP contribution in [-0.4, -0.2) is 33.1 Å². The van der Waals surface area contributed by atoms with Gasteiger partial charge in [0.05, 0.1) is 0 Å². The summed E-state index contributed by atoms with van der Waals surface area (Å²) in [4.78, 5) is 0. The van der Waals surface area contributed by atoms with Gasteiger partial charge in [-0.05, 0) is 25.7 Å². The topological polar surface area (TPSA) is 42.7 Å². The molecule has 0 unspecified atom stereocenters. The number of nitrogens with one attached hydrogen (secondary N) is 1. The van der Waals surface area contributed by atoms with Gasteiger partial charge in [-0.2, -0.15) is 0 Å². The van der Waals surface area contributed by atoms with Crippen LogP contribution in [0.25, 0.3) is 0 Å². The summed E-state index contributed by atoms with van der Waals surface area (Å²) < 4.78 is 2.43. The van der Waals surface area contributed by atoms with Crippen molar-refractivity contribution in [3.05, 3.63) is 5.82 Å². The molecule has 0 amide bonds. The third kappa shape index (κ3) is 2.88. The highest BCUT2D eigenvalue weighted by molar-refractivity contribution is 7.99. The van der Waals surface area contributed by atoms with Crippen LogP contribution in [0, 0.1) is 0 Å². The van der Waals surface area contributed by atoms with E-state index < -0.39 is 0 Å². The van der Waals surface area contributed by atoms with Gasteiger partial charge in [0.25, 0.3) is 0 Å². The Morgan fingerprint density at radius 1 is 1.28 bits per heavy atom. The molecule has 1 aromatic rings. The fourth-order valence-electron chi connectivity index (χ4n) is 2.17. The van der Waals surface area contributed by atoms with Crippen molar-refractivity contribution in [2.75, 3.05) is 12.3 Å². The minimum absolute atomic E-state index is 0.564. The predicted molar refractivity (Wildman–Crippen MR) is 74.1 cm³/mol. The second-order valence-corrected chi connectivity index (χ2v) is 6.74. The summed E-state index contributed by atoms with van der Waals surface area (Å²) in [6.45, 7) is 5.41. The summed E-state index contributed by atoms with van der Waals surface area (Å²) in [6.07, 6.45) is 5.25. The second-order valence-electron chi connectivity index (χ2n) is 5.67. The lowest BCUT2D eigenvalue weighted by Gasteiger charge is -2.09. The van der Waals surface area contributed by atoms with Gasteiger partial charge in [0, 0.05) is 30.3 Å². The van der Waals surface area contributed by atoms with Crippen molar-refractivity contribution < 1.29 is 0 Å². The smallest absolute Gasteiger partial charge is 0.191 e. The van der Waals surface area contributed by atoms with Crippen molar-refractivity contribution in [3.63, 3.8) is 0 Å². The summed E-state index contributed by atoms with van der Waals surface area (Å²) in [7, 11) is 0. The Bertz CT molecular complexity index is 407. The van der Waals surface area contributed by atoms with E-state index >= 15 is 0 Å². The van der Waals surface area contributed by atoms with Crippen LogP contribution < -0.4 is 5.32 Å². The molecule has 0 bridgehead atoms. The van der Waals surface area contributed by atoms with Crippen LogP contribution in [0.15, 0.2) is 5.16 Å². The van der Waals surface area contributed by atoms with Gasteiger partial charge in [0.1, 0.15) is 5.82 Å². The van der Waals surface area contributed by atoms with Gasteiger partial charge in [0.15, 0.2) is 5.16 Å². The van der Waals surface area contributed by atoms with E-state index in [1.165, 1.54) is 31.5 Å². The van der Waals surface area contributed by atoms with Crippen molar-refractivity contribution >= 4 is 11.8 Å². The van der Waals surface area contributed by atoms with E-state index in [4.69, 9.17) is 0 Å². The molecule has 0 atom stereocenters. The average molecular weight is 266 g/mol. The number of rotatable bonds is 7. The maximum atomic E-state index is 4.42. The van der Waals surface area contributed by atoms with Gasteiger partial charge in [-0.3, -0.25) is 0 Å². The van der Waals surface area contributed by atoms with Crippen molar-refractivity contribution in [1.29, 1.82) is 0 Å². The number of thioether (sulfide) groups is 1. The monoisotopic (exact) mass is 266 g/mol. The van der Waals surface area contributed by atoms with E-state index in [0.29, 0.717) is 18.0 Å². The molecule has 5 heteroatoms. The summed E-state index contributed by atoms with van der Waals surface area (Å²) in [6, 6.07) is 1.27. The normalized spacial score (nSPS) is 19.7. The molecule has 0 aliphatic heterocycles. The van der Waals surface area contributed by atoms with Gasteiger partial charge in [-0.15, -0.1) is 10.2 Å². The molecule has 1 heterocycles. The molecule has 0 radical (unpaired) electrons. The third-order valence-electron chi connectivity index (χ3n) is 3.43. The summed E-state index contributed by atoms with van der Waals surface area (Å²) >= 11 is 1.85. The summed E-state index contributed by atoms with van der Waals surface area (Å²) in [5.74, 6) is 3.05. The average Bonchev–Trinajstić information content (AvgIpc) is 3.23. The first-order valence-electron chi connectivity index (χ1n) is 7.06. The molecule has 2 aliphatic rings. The van der Waals surface area contributed by atoms with E-state index in [1.807, 2.05) is 11.8 Å². The van der Waals surface area contributed by atoms with Crippen LogP contribution in [0.1, 0.15) is 57.3 Å². The van der Waals surface area contributed by atoms with Gasteiger partial charge < -0.3 is 9.88 Å². The lowest BCUT2D eigenvalue weighted by atomic mass is 10.4. The Labute approximate surface area is 113 Å². The number of hydrogen-bond donors (Lipinski definition) is 1. The van der Waals surface area contributed by atoms with E-state index in [0.717, 1.165) is 17.5 Å². The molecule has 1 aromatic heterocycles. The maximum Gasteiger partial charge on any atom is 0.191 e. The predicted octanol–water partition coefficient (Wildman–Crippen LogP) is 2.58. The van der Waals surface area contributed by atoms with Crippen LogP contribution in [0.4, 0.5) is 0 Å². The molecular formula is C13H22N4S. The number of aromatic nitrogens is 3. The van der Waals surface area contributed by atoms with E-state index in [-0.39, 0.29) is 0 Å². The van der Waals surface area contributed by atoms with Gasteiger partial charge in [0.2, 0.25) is 0 Å². The molecule has 0 saturated heterocycles. The van der Waals surface area contributed by atoms with Crippen molar-refractivity contribution in [3.8, 4) is 0 Å². The SMILES string of the molecule is CC(C)NCCSc1nnc(C2CC2)n1C1CC1. The molecular weight excluding hydrogens is 244 g/mol. The lowest BCUT2D eigenvalue weighted by molar-refractivity contribution is 0.611. The molecule has 3 rings (SSSR count). The highest BCUT2D eigenvalue weighted by atomic mass is 32.2. The zero-order valence-corrected chi connectivity index (χ0v) is 12.0. The standard InChI is InChI=1S/C13H22N4S/c1-9(2)14-7-8-18-13-16-15-12(10-3-4-10)17(13)11-5-6-11/h9-11,14H,3-8H2,1-2H3. The quantitative estimate of drug-likeness (QED) is 0.608. The molecule has 0 aromatic carbocycles. The van der Waals surface area contributed by atoms with Gasteiger partial charge in [-0.25, -0.2) is 0 Å². The fourth-order valence-corrected chi connectivity index (χ4v) is 3.06. The summed E-state index contributed by atoms with van der Waals surface area (Å²) in [5, 5.41) is 13.4. The Hall–Kier alpha value is -0.550. The lowest BCUT2D eigenvalue weighted by Crippen LogP contribution is -2.25. The molecule has 1 N–H and O–H groups in total. The van der Waals surface area contributed by atoms with Crippen LogP contribution >= 0.6 is 11.8 Å². The molecule has 100 valence electrons. The van der Waals surface area contributed by atoms with E-state index in [2.05, 4.69) is 33.9 Å². The first-order chi connectivity index (χ1) is 8.75.